The molecule has 1 saturated heterocycles. The Balaban J connectivity index is 1.87. The van der Waals surface area contributed by atoms with Crippen LogP contribution in [0.2, 0.25) is 5.02 Å². The van der Waals surface area contributed by atoms with Crippen LogP contribution in [0.3, 0.4) is 0 Å². The van der Waals surface area contributed by atoms with Gasteiger partial charge in [-0.1, -0.05) is 41.9 Å². The lowest BCUT2D eigenvalue weighted by atomic mass is 10.0. The Morgan fingerprint density at radius 2 is 2.05 bits per heavy atom. The molecule has 2 aromatic carbocycles. The number of nitrogens with one attached hydrogen (secondary N) is 1. The van der Waals surface area contributed by atoms with E-state index >= 15 is 0 Å². The zero-order valence-corrected chi connectivity index (χ0v) is 12.7. The Hall–Kier alpha value is -1.62. The average molecular weight is 322 g/mol. The van der Waals surface area contributed by atoms with Gasteiger partial charge in [0, 0.05) is 13.1 Å². The molecule has 2 atom stereocenters. The molecule has 5 heteroatoms. The molecule has 0 unspecified atom stereocenters. The fourth-order valence-electron chi connectivity index (χ4n) is 2.49. The van der Waals surface area contributed by atoms with E-state index in [0.29, 0.717) is 18.9 Å². The second kappa shape index (κ2) is 7.09. The first-order chi connectivity index (χ1) is 10.7. The summed E-state index contributed by atoms with van der Waals surface area (Å²) in [6.07, 6.45) is -0.436. The molecule has 0 radical (unpaired) electrons. The SMILES string of the molecule is Fc1ccc(O[C@H](c2ccccc2)[C@H]2CNCCO2)c(Cl)c1. The van der Waals surface area contributed by atoms with Gasteiger partial charge < -0.3 is 14.8 Å². The smallest absolute Gasteiger partial charge is 0.151 e. The number of rotatable bonds is 4. The second-order valence-electron chi connectivity index (χ2n) is 5.14. The van der Waals surface area contributed by atoms with Crippen molar-refractivity contribution < 1.29 is 13.9 Å². The standard InChI is InChI=1S/C17H17ClFNO2/c18-14-10-13(19)6-7-15(14)22-17(12-4-2-1-3-5-12)16-11-20-8-9-21-16/h1-7,10,16-17,20H,8-9,11H2/t16-,17-/m1/s1. The molecule has 0 saturated carbocycles. The van der Waals surface area contributed by atoms with Crippen molar-refractivity contribution in [2.24, 2.45) is 0 Å². The van der Waals surface area contributed by atoms with Gasteiger partial charge in [0.15, 0.2) is 6.10 Å². The van der Waals surface area contributed by atoms with Crippen molar-refractivity contribution in [3.05, 3.63) is 64.9 Å². The van der Waals surface area contributed by atoms with Crippen molar-refractivity contribution in [1.29, 1.82) is 0 Å². The molecule has 0 bridgehead atoms. The highest BCUT2D eigenvalue weighted by Crippen LogP contribution is 2.32. The third-order valence-corrected chi connectivity index (χ3v) is 3.87. The molecule has 1 aliphatic heterocycles. The molecule has 2 aromatic rings. The number of ether oxygens (including phenoxy) is 2. The largest absolute Gasteiger partial charge is 0.481 e. The maximum absolute atomic E-state index is 13.2. The van der Waals surface area contributed by atoms with E-state index < -0.39 is 0 Å². The van der Waals surface area contributed by atoms with Crippen molar-refractivity contribution in [3.8, 4) is 5.75 Å². The lowest BCUT2D eigenvalue weighted by Crippen LogP contribution is -2.43. The van der Waals surface area contributed by atoms with Gasteiger partial charge in [0.25, 0.3) is 0 Å². The van der Waals surface area contributed by atoms with Crippen LogP contribution in [0.1, 0.15) is 11.7 Å². The van der Waals surface area contributed by atoms with Crippen LogP contribution in [-0.4, -0.2) is 25.8 Å². The summed E-state index contributed by atoms with van der Waals surface area (Å²) in [6, 6.07) is 14.0. The Labute approximate surface area is 134 Å². The Morgan fingerprint density at radius 1 is 1.23 bits per heavy atom. The molecular weight excluding hydrogens is 305 g/mol. The average Bonchev–Trinajstić information content (AvgIpc) is 2.56. The van der Waals surface area contributed by atoms with Gasteiger partial charge in [0.2, 0.25) is 0 Å². The normalized spacial score (nSPS) is 19.6. The van der Waals surface area contributed by atoms with Crippen LogP contribution in [0.4, 0.5) is 4.39 Å². The summed E-state index contributed by atoms with van der Waals surface area (Å²) in [7, 11) is 0. The minimum atomic E-state index is -0.385. The van der Waals surface area contributed by atoms with Gasteiger partial charge in [-0.05, 0) is 23.8 Å². The van der Waals surface area contributed by atoms with Crippen molar-refractivity contribution in [1.82, 2.24) is 5.32 Å². The molecule has 0 amide bonds. The summed E-state index contributed by atoms with van der Waals surface area (Å²) in [5.41, 5.74) is 0.997. The first kappa shape index (κ1) is 15.3. The van der Waals surface area contributed by atoms with Crippen LogP contribution in [0, 0.1) is 5.82 Å². The van der Waals surface area contributed by atoms with Gasteiger partial charge in [-0.2, -0.15) is 0 Å². The van der Waals surface area contributed by atoms with Crippen molar-refractivity contribution >= 4 is 11.6 Å². The highest BCUT2D eigenvalue weighted by Gasteiger charge is 2.28. The highest BCUT2D eigenvalue weighted by atomic mass is 35.5. The lowest BCUT2D eigenvalue weighted by Gasteiger charge is -2.31. The van der Waals surface area contributed by atoms with E-state index in [1.807, 2.05) is 30.3 Å². The van der Waals surface area contributed by atoms with Crippen LogP contribution < -0.4 is 10.1 Å². The van der Waals surface area contributed by atoms with Crippen LogP contribution in [0.25, 0.3) is 0 Å². The van der Waals surface area contributed by atoms with Crippen LogP contribution in [0.15, 0.2) is 48.5 Å². The van der Waals surface area contributed by atoms with E-state index in [2.05, 4.69) is 5.32 Å². The van der Waals surface area contributed by atoms with Gasteiger partial charge >= 0.3 is 0 Å². The summed E-state index contributed by atoms with van der Waals surface area (Å²) >= 11 is 6.08. The van der Waals surface area contributed by atoms with Gasteiger partial charge in [-0.15, -0.1) is 0 Å². The number of benzene rings is 2. The molecule has 0 spiro atoms. The van der Waals surface area contributed by atoms with Gasteiger partial charge in [0.05, 0.1) is 11.6 Å². The Morgan fingerprint density at radius 3 is 2.73 bits per heavy atom. The van der Waals surface area contributed by atoms with Gasteiger partial charge in [-0.3, -0.25) is 0 Å². The monoisotopic (exact) mass is 321 g/mol. The molecule has 1 fully saturated rings. The molecule has 0 aromatic heterocycles. The van der Waals surface area contributed by atoms with Crippen LogP contribution in [-0.2, 0) is 4.74 Å². The Kier molecular flexibility index (Phi) is 4.93. The number of hydrogen-bond acceptors (Lipinski definition) is 3. The fraction of sp³-hybridized carbons (Fsp3) is 0.294. The summed E-state index contributed by atoms with van der Waals surface area (Å²) in [5, 5.41) is 3.55. The molecular formula is C17H17ClFNO2. The number of morpholine rings is 1. The summed E-state index contributed by atoms with van der Waals surface area (Å²) in [6.45, 7) is 2.15. The number of halogens is 2. The summed E-state index contributed by atoms with van der Waals surface area (Å²) < 4.78 is 25.1. The molecule has 1 aliphatic rings. The van der Waals surface area contributed by atoms with E-state index in [1.54, 1.807) is 6.07 Å². The number of hydrogen-bond donors (Lipinski definition) is 1. The van der Waals surface area contributed by atoms with Crippen molar-refractivity contribution in [2.75, 3.05) is 19.7 Å². The van der Waals surface area contributed by atoms with Gasteiger partial charge in [-0.25, -0.2) is 4.39 Å². The van der Waals surface area contributed by atoms with E-state index in [4.69, 9.17) is 21.1 Å². The molecule has 1 heterocycles. The molecule has 0 aliphatic carbocycles. The van der Waals surface area contributed by atoms with Crippen molar-refractivity contribution in [3.63, 3.8) is 0 Å². The van der Waals surface area contributed by atoms with E-state index in [0.717, 1.165) is 12.1 Å². The van der Waals surface area contributed by atoms with E-state index in [9.17, 15) is 4.39 Å². The first-order valence-electron chi connectivity index (χ1n) is 7.23. The lowest BCUT2D eigenvalue weighted by molar-refractivity contribution is -0.0432. The zero-order chi connectivity index (χ0) is 15.4. The minimum absolute atomic E-state index is 0.128. The third-order valence-electron chi connectivity index (χ3n) is 3.57. The quantitative estimate of drug-likeness (QED) is 0.933. The maximum Gasteiger partial charge on any atom is 0.151 e. The van der Waals surface area contributed by atoms with Crippen molar-refractivity contribution in [2.45, 2.75) is 12.2 Å². The minimum Gasteiger partial charge on any atom is -0.481 e. The molecule has 116 valence electrons. The predicted molar refractivity (Wildman–Crippen MR) is 83.8 cm³/mol. The Bertz CT molecular complexity index is 617. The molecule has 1 N–H and O–H groups in total. The third kappa shape index (κ3) is 3.58. The molecule has 3 rings (SSSR count). The zero-order valence-electron chi connectivity index (χ0n) is 12.0. The highest BCUT2D eigenvalue weighted by molar-refractivity contribution is 6.32. The molecule has 22 heavy (non-hydrogen) atoms. The van der Waals surface area contributed by atoms with Crippen LogP contribution >= 0.6 is 11.6 Å². The topological polar surface area (TPSA) is 30.5 Å². The predicted octanol–water partition coefficient (Wildman–Crippen LogP) is 3.59. The van der Waals surface area contributed by atoms with E-state index in [1.165, 1.54) is 12.1 Å². The second-order valence-corrected chi connectivity index (χ2v) is 5.54. The fourth-order valence-corrected chi connectivity index (χ4v) is 2.70. The first-order valence-corrected chi connectivity index (χ1v) is 7.61. The van der Waals surface area contributed by atoms with Gasteiger partial charge in [0.1, 0.15) is 17.7 Å². The summed E-state index contributed by atoms with van der Waals surface area (Å²) in [5.74, 6) is 0.0651. The molecule has 3 nitrogen and oxygen atoms in total. The summed E-state index contributed by atoms with van der Waals surface area (Å²) in [4.78, 5) is 0. The maximum atomic E-state index is 13.2. The van der Waals surface area contributed by atoms with E-state index in [-0.39, 0.29) is 23.0 Å². The van der Waals surface area contributed by atoms with Crippen LogP contribution in [0.5, 0.6) is 5.75 Å².